The first kappa shape index (κ1) is 15.1. The SMILES string of the molecule is CCNc1ccc(S(=O)(=O)NCCS(C)=O)cn1. The van der Waals surface area contributed by atoms with E-state index >= 15 is 0 Å². The van der Waals surface area contributed by atoms with Crippen molar-refractivity contribution < 1.29 is 12.6 Å². The topological polar surface area (TPSA) is 88.2 Å². The standard InChI is InChI=1S/C10H17N3O3S2/c1-3-11-10-5-4-9(8-12-10)18(15,16)13-6-7-17(2)14/h4-5,8,13H,3,6-7H2,1-2H3,(H,11,12). The van der Waals surface area contributed by atoms with Gasteiger partial charge in [0.05, 0.1) is 0 Å². The summed E-state index contributed by atoms with van der Waals surface area (Å²) in [7, 11) is -4.58. The summed E-state index contributed by atoms with van der Waals surface area (Å²) in [5, 5.41) is 2.98. The summed E-state index contributed by atoms with van der Waals surface area (Å²) in [6, 6.07) is 3.09. The van der Waals surface area contributed by atoms with Crippen LogP contribution in [0.1, 0.15) is 6.92 Å². The molecule has 1 atom stereocenters. The van der Waals surface area contributed by atoms with Gasteiger partial charge in [0, 0.05) is 42.1 Å². The van der Waals surface area contributed by atoms with Gasteiger partial charge in [-0.25, -0.2) is 18.1 Å². The second kappa shape index (κ2) is 6.81. The van der Waals surface area contributed by atoms with E-state index in [0.717, 1.165) is 6.54 Å². The Morgan fingerprint density at radius 1 is 1.39 bits per heavy atom. The maximum absolute atomic E-state index is 11.8. The van der Waals surface area contributed by atoms with Gasteiger partial charge < -0.3 is 5.32 Å². The number of aromatic nitrogens is 1. The summed E-state index contributed by atoms with van der Waals surface area (Å²) in [4.78, 5) is 4.09. The Morgan fingerprint density at radius 2 is 2.11 bits per heavy atom. The number of anilines is 1. The van der Waals surface area contributed by atoms with Crippen LogP contribution in [0.2, 0.25) is 0 Å². The highest BCUT2D eigenvalue weighted by Gasteiger charge is 2.13. The fourth-order valence-electron chi connectivity index (χ4n) is 1.23. The van der Waals surface area contributed by atoms with E-state index in [2.05, 4.69) is 15.0 Å². The van der Waals surface area contributed by atoms with Crippen LogP contribution in [0.4, 0.5) is 5.82 Å². The molecule has 0 aliphatic rings. The van der Waals surface area contributed by atoms with Crippen LogP contribution in [0.15, 0.2) is 23.2 Å². The number of rotatable bonds is 7. The molecule has 1 aromatic rings. The molecule has 18 heavy (non-hydrogen) atoms. The zero-order valence-electron chi connectivity index (χ0n) is 10.3. The van der Waals surface area contributed by atoms with Crippen molar-refractivity contribution in [1.82, 2.24) is 9.71 Å². The predicted molar refractivity (Wildman–Crippen MR) is 72.5 cm³/mol. The molecule has 0 spiro atoms. The molecule has 1 aromatic heterocycles. The van der Waals surface area contributed by atoms with Crippen LogP contribution in [0.5, 0.6) is 0 Å². The Labute approximate surface area is 110 Å². The van der Waals surface area contributed by atoms with E-state index in [-0.39, 0.29) is 11.4 Å². The molecule has 1 unspecified atom stereocenters. The summed E-state index contributed by atoms with van der Waals surface area (Å²) < 4.78 is 36.8. The minimum Gasteiger partial charge on any atom is -0.370 e. The highest BCUT2D eigenvalue weighted by atomic mass is 32.2. The lowest BCUT2D eigenvalue weighted by Gasteiger charge is -2.07. The molecular weight excluding hydrogens is 274 g/mol. The molecule has 0 saturated carbocycles. The van der Waals surface area contributed by atoms with Crippen LogP contribution in [0, 0.1) is 0 Å². The minimum absolute atomic E-state index is 0.103. The van der Waals surface area contributed by atoms with Crippen molar-refractivity contribution in [1.29, 1.82) is 0 Å². The average molecular weight is 291 g/mol. The third-order valence-electron chi connectivity index (χ3n) is 2.09. The van der Waals surface area contributed by atoms with Crippen LogP contribution >= 0.6 is 0 Å². The molecule has 0 aliphatic carbocycles. The lowest BCUT2D eigenvalue weighted by Crippen LogP contribution is -2.27. The van der Waals surface area contributed by atoms with Gasteiger partial charge in [-0.3, -0.25) is 4.21 Å². The van der Waals surface area contributed by atoms with Gasteiger partial charge in [0.15, 0.2) is 0 Å². The number of hydrogen-bond donors (Lipinski definition) is 2. The van der Waals surface area contributed by atoms with E-state index in [9.17, 15) is 12.6 Å². The number of nitrogens with one attached hydrogen (secondary N) is 2. The molecule has 6 nitrogen and oxygen atoms in total. The van der Waals surface area contributed by atoms with Crippen molar-refractivity contribution in [2.75, 3.05) is 30.4 Å². The Kier molecular flexibility index (Phi) is 5.70. The van der Waals surface area contributed by atoms with Crippen molar-refractivity contribution in [2.24, 2.45) is 0 Å². The number of pyridine rings is 1. The number of hydrogen-bond acceptors (Lipinski definition) is 5. The monoisotopic (exact) mass is 291 g/mol. The van der Waals surface area contributed by atoms with Gasteiger partial charge in [-0.1, -0.05) is 0 Å². The van der Waals surface area contributed by atoms with Crippen molar-refractivity contribution in [2.45, 2.75) is 11.8 Å². The zero-order chi connectivity index (χ0) is 13.6. The summed E-state index contributed by atoms with van der Waals surface area (Å²) in [5.41, 5.74) is 0. The first-order valence-electron chi connectivity index (χ1n) is 5.45. The zero-order valence-corrected chi connectivity index (χ0v) is 12.0. The van der Waals surface area contributed by atoms with E-state index in [1.54, 1.807) is 6.07 Å². The van der Waals surface area contributed by atoms with Gasteiger partial charge in [-0.2, -0.15) is 0 Å². The van der Waals surface area contributed by atoms with Crippen molar-refractivity contribution in [3.05, 3.63) is 18.3 Å². The summed E-state index contributed by atoms with van der Waals surface area (Å²) >= 11 is 0. The van der Waals surface area contributed by atoms with Gasteiger partial charge in [0.1, 0.15) is 10.7 Å². The first-order chi connectivity index (χ1) is 8.45. The largest absolute Gasteiger partial charge is 0.370 e. The highest BCUT2D eigenvalue weighted by molar-refractivity contribution is 7.89. The molecule has 1 rings (SSSR count). The van der Waals surface area contributed by atoms with Gasteiger partial charge in [-0.05, 0) is 19.1 Å². The van der Waals surface area contributed by atoms with Gasteiger partial charge in [-0.15, -0.1) is 0 Å². The van der Waals surface area contributed by atoms with Crippen LogP contribution in [0.3, 0.4) is 0 Å². The lowest BCUT2D eigenvalue weighted by atomic mass is 10.4. The smallest absolute Gasteiger partial charge is 0.242 e. The second-order valence-corrected chi connectivity index (χ2v) is 6.91. The van der Waals surface area contributed by atoms with Crippen LogP contribution in [-0.4, -0.2) is 42.7 Å². The molecule has 0 amide bonds. The van der Waals surface area contributed by atoms with Crippen LogP contribution in [0.25, 0.3) is 0 Å². The number of sulfonamides is 1. The quantitative estimate of drug-likeness (QED) is 0.747. The molecule has 102 valence electrons. The van der Waals surface area contributed by atoms with E-state index < -0.39 is 20.8 Å². The van der Waals surface area contributed by atoms with E-state index in [1.807, 2.05) is 6.92 Å². The molecule has 1 heterocycles. The molecule has 0 bridgehead atoms. The van der Waals surface area contributed by atoms with Gasteiger partial charge >= 0.3 is 0 Å². The van der Waals surface area contributed by atoms with Gasteiger partial charge in [0.2, 0.25) is 10.0 Å². The average Bonchev–Trinajstić information content (AvgIpc) is 2.29. The molecule has 0 fully saturated rings. The molecular formula is C10H17N3O3S2. The van der Waals surface area contributed by atoms with E-state index in [0.29, 0.717) is 11.6 Å². The third kappa shape index (κ3) is 4.71. The third-order valence-corrected chi connectivity index (χ3v) is 4.31. The Hall–Kier alpha value is -0.990. The molecule has 0 radical (unpaired) electrons. The fraction of sp³-hybridized carbons (Fsp3) is 0.500. The summed E-state index contributed by atoms with van der Waals surface area (Å²) in [6.45, 7) is 2.80. The Bertz CT molecular complexity index is 500. The maximum atomic E-state index is 11.8. The van der Waals surface area contributed by atoms with Crippen molar-refractivity contribution >= 4 is 26.6 Å². The van der Waals surface area contributed by atoms with Crippen LogP contribution < -0.4 is 10.0 Å². The Balaban J connectivity index is 2.69. The van der Waals surface area contributed by atoms with Crippen molar-refractivity contribution in [3.8, 4) is 0 Å². The maximum Gasteiger partial charge on any atom is 0.242 e. The van der Waals surface area contributed by atoms with Crippen LogP contribution in [-0.2, 0) is 20.8 Å². The lowest BCUT2D eigenvalue weighted by molar-refractivity contribution is 0.583. The highest BCUT2D eigenvalue weighted by Crippen LogP contribution is 2.10. The Morgan fingerprint density at radius 3 is 2.61 bits per heavy atom. The molecule has 0 saturated heterocycles. The molecule has 0 aromatic carbocycles. The van der Waals surface area contributed by atoms with E-state index in [4.69, 9.17) is 0 Å². The second-order valence-electron chi connectivity index (χ2n) is 3.58. The van der Waals surface area contributed by atoms with E-state index in [1.165, 1.54) is 18.5 Å². The molecule has 2 N–H and O–H groups in total. The van der Waals surface area contributed by atoms with Gasteiger partial charge in [0.25, 0.3) is 0 Å². The fourth-order valence-corrected chi connectivity index (χ4v) is 2.72. The minimum atomic E-state index is -3.56. The first-order valence-corrected chi connectivity index (χ1v) is 8.66. The molecule has 0 aliphatic heterocycles. The van der Waals surface area contributed by atoms with Crippen molar-refractivity contribution in [3.63, 3.8) is 0 Å². The normalized spacial score (nSPS) is 13.2. The summed E-state index contributed by atoms with van der Waals surface area (Å²) in [6.07, 6.45) is 2.82. The predicted octanol–water partition coefficient (Wildman–Crippen LogP) is 0.170. The number of nitrogens with zero attached hydrogens (tertiary/aromatic N) is 1. The summed E-state index contributed by atoms with van der Waals surface area (Å²) in [5.74, 6) is 0.924. The molecule has 8 heteroatoms.